The molecule has 234 valence electrons. The molecule has 0 bridgehead atoms. The Hall–Kier alpha value is -3.53. The van der Waals surface area contributed by atoms with Gasteiger partial charge in [-0.1, -0.05) is 50.9 Å². The van der Waals surface area contributed by atoms with Crippen LogP contribution >= 0.6 is 23.2 Å². The van der Waals surface area contributed by atoms with Gasteiger partial charge in [-0.15, -0.1) is 0 Å². The molecule has 44 heavy (non-hydrogen) atoms. The van der Waals surface area contributed by atoms with Crippen molar-refractivity contribution in [1.29, 1.82) is 0 Å². The zero-order valence-electron chi connectivity index (χ0n) is 24.9. The lowest BCUT2D eigenvalue weighted by atomic mass is 10.1. The van der Waals surface area contributed by atoms with E-state index in [-0.39, 0.29) is 52.0 Å². The number of carbonyl (C=O) groups excluding carboxylic acids is 1. The number of esters is 1. The Bertz CT molecular complexity index is 1710. The highest BCUT2D eigenvalue weighted by molar-refractivity contribution is 6.31. The first-order valence-corrected chi connectivity index (χ1v) is 14.7. The molecule has 0 saturated carbocycles. The van der Waals surface area contributed by atoms with Crippen molar-refractivity contribution in [3.05, 3.63) is 97.3 Å². The van der Waals surface area contributed by atoms with Crippen LogP contribution in [0.25, 0.3) is 11.0 Å². The number of alkyl halides is 3. The number of fused-ring (bicyclic) bond motifs is 1. The monoisotopic (exact) mass is 649 g/mol. The molecule has 1 aromatic heterocycles. The normalized spacial score (nSPS) is 12.0. The lowest BCUT2D eigenvalue weighted by Crippen LogP contribution is -2.31. The molecular formula is C33H32Cl2F3NO5. The van der Waals surface area contributed by atoms with Gasteiger partial charge in [0.1, 0.15) is 17.1 Å². The minimum absolute atomic E-state index is 0.0159. The smallest absolute Gasteiger partial charge is 0.449 e. The molecule has 3 aromatic carbocycles. The van der Waals surface area contributed by atoms with Crippen LogP contribution in [0.5, 0.6) is 17.2 Å². The minimum atomic E-state index is -5.09. The van der Waals surface area contributed by atoms with Crippen molar-refractivity contribution >= 4 is 40.1 Å². The molecular weight excluding hydrogens is 618 g/mol. The average Bonchev–Trinajstić information content (AvgIpc) is 2.92. The number of carbonyl (C=O) groups is 1. The van der Waals surface area contributed by atoms with Crippen molar-refractivity contribution in [3.8, 4) is 17.2 Å². The molecule has 0 amide bonds. The molecule has 4 rings (SSSR count). The van der Waals surface area contributed by atoms with Crippen molar-refractivity contribution in [2.75, 3.05) is 13.1 Å². The molecule has 0 aliphatic rings. The van der Waals surface area contributed by atoms with Gasteiger partial charge in [0.05, 0.1) is 16.5 Å². The molecule has 0 atom stereocenters. The Morgan fingerprint density at radius 1 is 0.955 bits per heavy atom. The van der Waals surface area contributed by atoms with Crippen LogP contribution in [0.4, 0.5) is 13.2 Å². The van der Waals surface area contributed by atoms with E-state index < -0.39 is 29.1 Å². The van der Waals surface area contributed by atoms with E-state index in [1.54, 1.807) is 6.92 Å². The summed E-state index contributed by atoms with van der Waals surface area (Å²) in [5, 5.41) is 0.643. The van der Waals surface area contributed by atoms with E-state index in [0.29, 0.717) is 28.7 Å². The van der Waals surface area contributed by atoms with E-state index in [1.165, 1.54) is 54.6 Å². The minimum Gasteiger partial charge on any atom is -0.449 e. The van der Waals surface area contributed by atoms with Gasteiger partial charge in [-0.3, -0.25) is 9.69 Å². The van der Waals surface area contributed by atoms with Crippen LogP contribution in [-0.4, -0.2) is 24.0 Å². The van der Waals surface area contributed by atoms with E-state index >= 15 is 0 Å². The molecule has 11 heteroatoms. The van der Waals surface area contributed by atoms with Crippen molar-refractivity contribution in [3.63, 3.8) is 0 Å². The predicted molar refractivity (Wildman–Crippen MR) is 165 cm³/mol. The summed E-state index contributed by atoms with van der Waals surface area (Å²) in [6.45, 7) is 10.9. The quantitative estimate of drug-likeness (QED) is 0.126. The van der Waals surface area contributed by atoms with E-state index in [4.69, 9.17) is 37.1 Å². The molecule has 0 aliphatic carbocycles. The molecule has 0 spiro atoms. The number of halogens is 5. The number of benzene rings is 3. The van der Waals surface area contributed by atoms with Crippen LogP contribution in [0.3, 0.4) is 0 Å². The van der Waals surface area contributed by atoms with Gasteiger partial charge >= 0.3 is 12.1 Å². The lowest BCUT2D eigenvalue weighted by Gasteiger charge is -2.27. The first-order valence-electron chi connectivity index (χ1n) is 14.0. The van der Waals surface area contributed by atoms with Crippen LogP contribution in [0.15, 0.2) is 63.8 Å². The van der Waals surface area contributed by atoms with Crippen molar-refractivity contribution < 1.29 is 31.9 Å². The van der Waals surface area contributed by atoms with E-state index in [2.05, 4.69) is 0 Å². The summed E-state index contributed by atoms with van der Waals surface area (Å²) in [5.74, 6) is -2.99. The second kappa shape index (κ2) is 13.6. The molecule has 0 saturated heterocycles. The third-order valence-electron chi connectivity index (χ3n) is 6.60. The van der Waals surface area contributed by atoms with Gasteiger partial charge < -0.3 is 13.9 Å². The number of rotatable bonds is 10. The van der Waals surface area contributed by atoms with Crippen molar-refractivity contribution in [2.45, 2.75) is 47.3 Å². The van der Waals surface area contributed by atoms with Gasteiger partial charge in [0, 0.05) is 29.7 Å². The molecule has 0 fully saturated rings. The van der Waals surface area contributed by atoms with Crippen molar-refractivity contribution in [2.24, 2.45) is 11.8 Å². The number of aryl methyl sites for hydroxylation is 1. The Balaban J connectivity index is 1.93. The van der Waals surface area contributed by atoms with Crippen molar-refractivity contribution in [1.82, 2.24) is 4.90 Å². The maximum atomic E-state index is 14.5. The van der Waals surface area contributed by atoms with E-state index in [0.717, 1.165) is 0 Å². The fourth-order valence-corrected chi connectivity index (χ4v) is 5.05. The molecule has 4 aromatic rings. The Labute approximate surface area is 263 Å². The summed E-state index contributed by atoms with van der Waals surface area (Å²) in [6, 6.07) is 12.9. The maximum absolute atomic E-state index is 14.5. The van der Waals surface area contributed by atoms with E-state index in [9.17, 15) is 22.8 Å². The highest BCUT2D eigenvalue weighted by Crippen LogP contribution is 2.41. The zero-order valence-corrected chi connectivity index (χ0v) is 26.4. The third-order valence-corrected chi connectivity index (χ3v) is 7.27. The summed E-state index contributed by atoms with van der Waals surface area (Å²) in [6.07, 6.45) is -5.09. The van der Waals surface area contributed by atoms with Gasteiger partial charge in [0.15, 0.2) is 0 Å². The number of nitrogens with zero attached hydrogens (tertiary/aromatic N) is 1. The van der Waals surface area contributed by atoms with Crippen LogP contribution in [0, 0.1) is 18.8 Å². The van der Waals surface area contributed by atoms with Crippen LogP contribution in [0.2, 0.25) is 10.0 Å². The summed E-state index contributed by atoms with van der Waals surface area (Å²) < 4.78 is 60.2. The summed E-state index contributed by atoms with van der Waals surface area (Å²) in [4.78, 5) is 28.8. The number of hydrogen-bond donors (Lipinski definition) is 0. The molecule has 1 heterocycles. The van der Waals surface area contributed by atoms with Crippen LogP contribution in [0.1, 0.15) is 54.9 Å². The summed E-state index contributed by atoms with van der Waals surface area (Å²) in [5.41, 5.74) is -0.514. The maximum Gasteiger partial charge on any atom is 0.453 e. The largest absolute Gasteiger partial charge is 0.453 e. The zero-order chi connectivity index (χ0) is 32.3. The first-order chi connectivity index (χ1) is 20.6. The molecule has 0 radical (unpaired) electrons. The molecule has 6 nitrogen and oxygen atoms in total. The van der Waals surface area contributed by atoms with Gasteiger partial charge in [-0.05, 0) is 78.9 Å². The first kappa shape index (κ1) is 33.4. The summed E-state index contributed by atoms with van der Waals surface area (Å²) >= 11 is 12.0. The average molecular weight is 651 g/mol. The Morgan fingerprint density at radius 3 is 2.16 bits per heavy atom. The molecule has 0 unspecified atom stereocenters. The highest BCUT2D eigenvalue weighted by Gasteiger charge is 2.41. The third kappa shape index (κ3) is 7.94. The van der Waals surface area contributed by atoms with Crippen LogP contribution in [-0.2, 0) is 12.7 Å². The van der Waals surface area contributed by atoms with E-state index in [1.807, 2.05) is 32.6 Å². The second-order valence-corrected chi connectivity index (χ2v) is 12.2. The van der Waals surface area contributed by atoms with Gasteiger partial charge in [-0.2, -0.15) is 13.2 Å². The second-order valence-electron chi connectivity index (χ2n) is 11.4. The number of hydrogen-bond acceptors (Lipinski definition) is 6. The predicted octanol–water partition coefficient (Wildman–Crippen LogP) is 9.55. The highest BCUT2D eigenvalue weighted by atomic mass is 35.5. The fourth-order valence-electron chi connectivity index (χ4n) is 4.81. The van der Waals surface area contributed by atoms with Crippen LogP contribution < -0.4 is 14.9 Å². The van der Waals surface area contributed by atoms with Gasteiger partial charge in [-0.25, -0.2) is 4.79 Å². The Kier molecular flexibility index (Phi) is 10.3. The molecule has 0 N–H and O–H groups in total. The summed E-state index contributed by atoms with van der Waals surface area (Å²) in [7, 11) is 0. The lowest BCUT2D eigenvalue weighted by molar-refractivity contribution is -0.154. The van der Waals surface area contributed by atoms with Gasteiger partial charge in [0.25, 0.3) is 5.76 Å². The SMILES string of the molecule is Cc1cc(Oc2c(C(F)(F)F)oc3c(CN(CC(C)C)CC(C)C)c(OC(=O)c4ccc(Cl)cc4)ccc3c2=O)ccc1Cl. The Morgan fingerprint density at radius 2 is 1.59 bits per heavy atom. The fraction of sp³-hybridized carbons (Fsp3) is 0.333. The number of ether oxygens (including phenoxy) is 2. The molecule has 0 aliphatic heterocycles. The van der Waals surface area contributed by atoms with Gasteiger partial charge in [0.2, 0.25) is 11.2 Å². The topological polar surface area (TPSA) is 69.0 Å². The standard InChI is InChI=1S/C33H32Cl2F3NO5/c1-18(2)15-39(16-19(3)4)17-25-27(43-32(41)21-6-8-22(34)9-7-21)13-11-24-28(40)30(31(33(36,37)38)44-29(24)25)42-23-10-12-26(35)20(5)14-23/h6-14,18-19H,15-17H2,1-5H3.